The van der Waals surface area contributed by atoms with Crippen molar-refractivity contribution in [2.45, 2.75) is 9.79 Å². The fourth-order valence-electron chi connectivity index (χ4n) is 1.92. The SMILES string of the molecule is Nc1cc(F)c(SC2=NS(=O)(=O)c3ccccc32)c(F)c1. The van der Waals surface area contributed by atoms with Gasteiger partial charge in [-0.05, 0) is 18.2 Å². The van der Waals surface area contributed by atoms with Crippen LogP contribution in [-0.2, 0) is 10.0 Å². The van der Waals surface area contributed by atoms with Crippen LogP contribution in [-0.4, -0.2) is 13.5 Å². The summed E-state index contributed by atoms with van der Waals surface area (Å²) in [7, 11) is -3.81. The molecular weight excluding hydrogens is 318 g/mol. The highest BCUT2D eigenvalue weighted by Gasteiger charge is 2.30. The Morgan fingerprint density at radius 1 is 1.10 bits per heavy atom. The quantitative estimate of drug-likeness (QED) is 0.818. The van der Waals surface area contributed by atoms with E-state index < -0.39 is 21.7 Å². The summed E-state index contributed by atoms with van der Waals surface area (Å²) < 4.78 is 54.9. The molecule has 0 unspecified atom stereocenters. The van der Waals surface area contributed by atoms with E-state index in [2.05, 4.69) is 4.40 Å². The van der Waals surface area contributed by atoms with E-state index in [-0.39, 0.29) is 20.5 Å². The van der Waals surface area contributed by atoms with Crippen LogP contribution in [0.1, 0.15) is 5.56 Å². The van der Waals surface area contributed by atoms with E-state index >= 15 is 0 Å². The number of rotatable bonds is 1. The maximum absolute atomic E-state index is 13.8. The largest absolute Gasteiger partial charge is 0.399 e. The number of nitrogen functional groups attached to an aromatic ring is 1. The number of nitrogens with two attached hydrogens (primary N) is 1. The van der Waals surface area contributed by atoms with Crippen LogP contribution in [0.15, 0.2) is 50.6 Å². The molecule has 0 amide bonds. The Morgan fingerprint density at radius 3 is 2.38 bits per heavy atom. The van der Waals surface area contributed by atoms with Gasteiger partial charge < -0.3 is 5.73 Å². The molecule has 0 saturated carbocycles. The molecule has 2 aromatic carbocycles. The van der Waals surface area contributed by atoms with E-state index in [4.69, 9.17) is 5.73 Å². The van der Waals surface area contributed by atoms with Crippen LogP contribution in [0.25, 0.3) is 0 Å². The molecule has 8 heteroatoms. The van der Waals surface area contributed by atoms with Crippen molar-refractivity contribution in [1.82, 2.24) is 0 Å². The van der Waals surface area contributed by atoms with E-state index in [1.165, 1.54) is 6.07 Å². The van der Waals surface area contributed by atoms with E-state index in [0.717, 1.165) is 12.1 Å². The molecule has 108 valence electrons. The normalized spacial score (nSPS) is 15.6. The summed E-state index contributed by atoms with van der Waals surface area (Å²) in [6.45, 7) is 0. The van der Waals surface area contributed by atoms with E-state index in [0.29, 0.717) is 17.3 Å². The minimum Gasteiger partial charge on any atom is -0.399 e. The number of hydrogen-bond acceptors (Lipinski definition) is 4. The van der Waals surface area contributed by atoms with Gasteiger partial charge in [0.1, 0.15) is 16.7 Å². The number of hydrogen-bond donors (Lipinski definition) is 1. The topological polar surface area (TPSA) is 72.5 Å². The summed E-state index contributed by atoms with van der Waals surface area (Å²) in [5.41, 5.74) is 5.63. The van der Waals surface area contributed by atoms with Crippen LogP contribution in [0, 0.1) is 11.6 Å². The molecule has 0 saturated heterocycles. The molecule has 1 aliphatic heterocycles. The Kier molecular flexibility index (Phi) is 3.22. The lowest BCUT2D eigenvalue weighted by Crippen LogP contribution is -1.98. The van der Waals surface area contributed by atoms with Crippen LogP contribution in [0.5, 0.6) is 0 Å². The van der Waals surface area contributed by atoms with Gasteiger partial charge in [-0.1, -0.05) is 30.0 Å². The third kappa shape index (κ3) is 2.40. The Balaban J connectivity index is 2.09. The number of nitrogens with zero attached hydrogens (tertiary/aromatic N) is 1. The molecular formula is C13H8F2N2O2S2. The minimum absolute atomic E-state index is 0.0313. The summed E-state index contributed by atoms with van der Waals surface area (Å²) in [6.07, 6.45) is 0. The van der Waals surface area contributed by atoms with Gasteiger partial charge in [-0.15, -0.1) is 0 Å². The molecule has 0 radical (unpaired) electrons. The fraction of sp³-hybridized carbons (Fsp3) is 0. The lowest BCUT2D eigenvalue weighted by atomic mass is 10.2. The molecule has 0 fully saturated rings. The molecule has 2 aromatic rings. The zero-order valence-corrected chi connectivity index (χ0v) is 12.0. The molecule has 3 rings (SSSR count). The second kappa shape index (κ2) is 4.81. The van der Waals surface area contributed by atoms with Crippen molar-refractivity contribution in [2.75, 3.05) is 5.73 Å². The summed E-state index contributed by atoms with van der Waals surface area (Å²) in [6, 6.07) is 8.08. The average Bonchev–Trinajstić information content (AvgIpc) is 2.66. The Labute approximate surface area is 123 Å². The van der Waals surface area contributed by atoms with Crippen LogP contribution >= 0.6 is 11.8 Å². The first-order valence-electron chi connectivity index (χ1n) is 5.75. The summed E-state index contributed by atoms with van der Waals surface area (Å²) >= 11 is 0.623. The molecule has 2 N–H and O–H groups in total. The first kappa shape index (κ1) is 14.0. The number of halogens is 2. The molecule has 21 heavy (non-hydrogen) atoms. The smallest absolute Gasteiger partial charge is 0.284 e. The van der Waals surface area contributed by atoms with E-state index in [1.54, 1.807) is 18.2 Å². The highest BCUT2D eigenvalue weighted by molar-refractivity contribution is 8.15. The average molecular weight is 326 g/mol. The minimum atomic E-state index is -3.81. The lowest BCUT2D eigenvalue weighted by Gasteiger charge is -2.06. The number of fused-ring (bicyclic) bond motifs is 1. The molecule has 0 spiro atoms. The van der Waals surface area contributed by atoms with Crippen molar-refractivity contribution in [3.05, 3.63) is 53.6 Å². The number of benzene rings is 2. The number of thioether (sulfide) groups is 1. The van der Waals surface area contributed by atoms with Gasteiger partial charge in [-0.25, -0.2) is 8.78 Å². The molecule has 0 bridgehead atoms. The predicted octanol–water partition coefficient (Wildman–Crippen LogP) is 2.79. The molecule has 1 aliphatic rings. The maximum Gasteiger partial charge on any atom is 0.284 e. The van der Waals surface area contributed by atoms with Gasteiger partial charge in [0, 0.05) is 11.3 Å². The monoisotopic (exact) mass is 326 g/mol. The van der Waals surface area contributed by atoms with Crippen LogP contribution in [0.2, 0.25) is 0 Å². The second-order valence-corrected chi connectivity index (χ2v) is 6.86. The summed E-state index contributed by atoms with van der Waals surface area (Å²) in [5.74, 6) is -1.72. The van der Waals surface area contributed by atoms with Crippen molar-refractivity contribution >= 4 is 32.5 Å². The van der Waals surface area contributed by atoms with Crippen molar-refractivity contribution in [3.63, 3.8) is 0 Å². The zero-order chi connectivity index (χ0) is 15.2. The Bertz CT molecular complexity index is 856. The molecule has 1 heterocycles. The van der Waals surface area contributed by atoms with Gasteiger partial charge in [0.25, 0.3) is 10.0 Å². The summed E-state index contributed by atoms with van der Waals surface area (Å²) in [5, 5.41) is 0.0353. The maximum atomic E-state index is 13.8. The van der Waals surface area contributed by atoms with Gasteiger partial charge in [-0.2, -0.15) is 12.8 Å². The second-order valence-electron chi connectivity index (χ2n) is 4.28. The van der Waals surface area contributed by atoms with Crippen molar-refractivity contribution in [2.24, 2.45) is 4.40 Å². The zero-order valence-electron chi connectivity index (χ0n) is 10.4. The Hall–Kier alpha value is -1.93. The first-order valence-corrected chi connectivity index (χ1v) is 8.01. The lowest BCUT2D eigenvalue weighted by molar-refractivity contribution is 0.542. The van der Waals surface area contributed by atoms with Crippen LogP contribution in [0.4, 0.5) is 14.5 Å². The van der Waals surface area contributed by atoms with Gasteiger partial charge in [0.15, 0.2) is 0 Å². The fourth-order valence-corrected chi connectivity index (χ4v) is 4.33. The standard InChI is InChI=1S/C13H8F2N2O2S2/c14-9-5-7(16)6-10(15)12(9)20-13-8-3-1-2-4-11(8)21(18,19)17-13/h1-6H,16H2. The third-order valence-corrected chi connectivity index (χ3v) is 5.37. The van der Waals surface area contributed by atoms with Crippen molar-refractivity contribution < 1.29 is 17.2 Å². The van der Waals surface area contributed by atoms with Crippen LogP contribution < -0.4 is 5.73 Å². The van der Waals surface area contributed by atoms with Crippen molar-refractivity contribution in [3.8, 4) is 0 Å². The van der Waals surface area contributed by atoms with E-state index in [1.807, 2.05) is 0 Å². The molecule has 0 aromatic heterocycles. The molecule has 0 aliphatic carbocycles. The van der Waals surface area contributed by atoms with E-state index in [9.17, 15) is 17.2 Å². The molecule has 0 atom stereocenters. The third-order valence-electron chi connectivity index (χ3n) is 2.82. The Morgan fingerprint density at radius 2 is 1.71 bits per heavy atom. The van der Waals surface area contributed by atoms with Crippen LogP contribution in [0.3, 0.4) is 0 Å². The van der Waals surface area contributed by atoms with Gasteiger partial charge in [0.05, 0.1) is 9.79 Å². The number of sulfonamides is 1. The predicted molar refractivity (Wildman–Crippen MR) is 76.8 cm³/mol. The first-order chi connectivity index (χ1) is 9.88. The highest BCUT2D eigenvalue weighted by atomic mass is 32.2. The van der Waals surface area contributed by atoms with Gasteiger partial charge >= 0.3 is 0 Å². The van der Waals surface area contributed by atoms with Crippen molar-refractivity contribution in [1.29, 1.82) is 0 Å². The summed E-state index contributed by atoms with van der Waals surface area (Å²) in [4.78, 5) is -0.307. The van der Waals surface area contributed by atoms with Gasteiger partial charge in [0.2, 0.25) is 0 Å². The molecule has 4 nitrogen and oxygen atoms in total. The number of anilines is 1. The van der Waals surface area contributed by atoms with Gasteiger partial charge in [-0.3, -0.25) is 0 Å². The highest BCUT2D eigenvalue weighted by Crippen LogP contribution is 2.36.